The van der Waals surface area contributed by atoms with Gasteiger partial charge in [-0.05, 0) is 38.0 Å². The summed E-state index contributed by atoms with van der Waals surface area (Å²) in [6.45, 7) is 7.07. The van der Waals surface area contributed by atoms with Crippen molar-refractivity contribution in [2.45, 2.75) is 44.6 Å². The van der Waals surface area contributed by atoms with Crippen LogP contribution in [0.4, 0.5) is 5.69 Å². The first kappa shape index (κ1) is 21.2. The van der Waals surface area contributed by atoms with E-state index in [1.54, 1.807) is 19.9 Å². The third-order valence-electron chi connectivity index (χ3n) is 4.72. The second-order valence-electron chi connectivity index (χ2n) is 6.50. The van der Waals surface area contributed by atoms with Crippen LogP contribution in [0.5, 0.6) is 0 Å². The average Bonchev–Trinajstić information content (AvgIpc) is 3.16. The number of carboxylic acid groups (broad SMARTS) is 1. The quantitative estimate of drug-likeness (QED) is 0.689. The summed E-state index contributed by atoms with van der Waals surface area (Å²) in [5.74, 6) is -1.75. The number of nitrogens with zero attached hydrogens (tertiary/aromatic N) is 2. The molecule has 27 heavy (non-hydrogen) atoms. The van der Waals surface area contributed by atoms with Crippen LogP contribution < -0.4 is 10.2 Å². The van der Waals surface area contributed by atoms with Gasteiger partial charge < -0.3 is 15.3 Å². The highest BCUT2D eigenvalue weighted by Gasteiger charge is 2.27. The number of carbonyl (C=O) groups is 2. The summed E-state index contributed by atoms with van der Waals surface area (Å²) in [5.41, 5.74) is 0.805. The summed E-state index contributed by atoms with van der Waals surface area (Å²) >= 11 is 0. The van der Waals surface area contributed by atoms with E-state index in [1.807, 2.05) is 4.90 Å². The van der Waals surface area contributed by atoms with Gasteiger partial charge in [0.15, 0.2) is 0 Å². The summed E-state index contributed by atoms with van der Waals surface area (Å²) in [7, 11) is -3.72. The number of rotatable bonds is 8. The molecule has 1 aromatic carbocycles. The third-order valence-corrected chi connectivity index (χ3v) is 6.77. The highest BCUT2D eigenvalue weighted by molar-refractivity contribution is 7.89. The largest absolute Gasteiger partial charge is 0.480 e. The lowest BCUT2D eigenvalue weighted by atomic mass is 10.1. The zero-order chi connectivity index (χ0) is 20.2. The second kappa shape index (κ2) is 8.71. The molecule has 0 radical (unpaired) electrons. The van der Waals surface area contributed by atoms with Crippen LogP contribution in [-0.4, -0.2) is 61.9 Å². The SMILES string of the molecule is CCN(CC)S(=O)(=O)c1ccc(N2CCCC2)c(C(=O)NC(C)C(=O)O)c1. The third kappa shape index (κ3) is 4.59. The van der Waals surface area contributed by atoms with E-state index in [0.717, 1.165) is 25.9 Å². The Labute approximate surface area is 160 Å². The van der Waals surface area contributed by atoms with Gasteiger partial charge in [0.2, 0.25) is 10.0 Å². The first-order valence-corrected chi connectivity index (χ1v) is 10.6. The monoisotopic (exact) mass is 397 g/mol. The number of carbonyl (C=O) groups excluding carboxylic acids is 1. The molecule has 2 N–H and O–H groups in total. The predicted molar refractivity (Wildman–Crippen MR) is 103 cm³/mol. The van der Waals surface area contributed by atoms with Gasteiger partial charge in [-0.15, -0.1) is 0 Å². The van der Waals surface area contributed by atoms with Crippen LogP contribution in [0.1, 0.15) is 44.0 Å². The minimum absolute atomic E-state index is 0.0299. The molecule has 1 atom stereocenters. The summed E-state index contributed by atoms with van der Waals surface area (Å²) in [6.07, 6.45) is 1.98. The fourth-order valence-corrected chi connectivity index (χ4v) is 4.62. The van der Waals surface area contributed by atoms with Gasteiger partial charge in [-0.2, -0.15) is 4.31 Å². The van der Waals surface area contributed by atoms with Gasteiger partial charge >= 0.3 is 5.97 Å². The summed E-state index contributed by atoms with van der Waals surface area (Å²) in [5, 5.41) is 11.5. The molecule has 1 heterocycles. The Bertz CT molecular complexity index is 799. The van der Waals surface area contributed by atoms with Gasteiger partial charge in [-0.3, -0.25) is 9.59 Å². The maximum Gasteiger partial charge on any atom is 0.325 e. The Morgan fingerprint density at radius 1 is 1.22 bits per heavy atom. The van der Waals surface area contributed by atoms with Crippen molar-refractivity contribution in [2.24, 2.45) is 0 Å². The molecular weight excluding hydrogens is 370 g/mol. The Kier molecular flexibility index (Phi) is 6.83. The normalized spacial score (nSPS) is 15.8. The van der Waals surface area contributed by atoms with E-state index >= 15 is 0 Å². The van der Waals surface area contributed by atoms with Crippen molar-refractivity contribution in [3.8, 4) is 0 Å². The second-order valence-corrected chi connectivity index (χ2v) is 8.43. The molecule has 1 aliphatic heterocycles. The molecule has 1 aliphatic rings. The maximum atomic E-state index is 12.8. The van der Waals surface area contributed by atoms with Crippen molar-refractivity contribution in [1.29, 1.82) is 0 Å². The summed E-state index contributed by atoms with van der Waals surface area (Å²) in [4.78, 5) is 25.8. The molecule has 0 spiro atoms. The average molecular weight is 397 g/mol. The predicted octanol–water partition coefficient (Wildman–Crippen LogP) is 1.52. The molecule has 0 aromatic heterocycles. The van der Waals surface area contributed by atoms with Crippen LogP contribution in [0.3, 0.4) is 0 Å². The van der Waals surface area contributed by atoms with Crippen molar-refractivity contribution in [2.75, 3.05) is 31.1 Å². The molecule has 1 fully saturated rings. The number of benzene rings is 1. The van der Waals surface area contributed by atoms with Gasteiger partial charge in [0.05, 0.1) is 10.5 Å². The van der Waals surface area contributed by atoms with Crippen LogP contribution in [-0.2, 0) is 14.8 Å². The van der Waals surface area contributed by atoms with Gasteiger partial charge in [0.25, 0.3) is 5.91 Å². The minimum Gasteiger partial charge on any atom is -0.480 e. The number of amides is 1. The molecule has 0 bridgehead atoms. The van der Waals surface area contributed by atoms with Crippen LogP contribution in [0, 0.1) is 0 Å². The summed E-state index contributed by atoms with van der Waals surface area (Å²) in [6, 6.07) is 3.43. The Balaban J connectivity index is 2.49. The van der Waals surface area contributed by atoms with E-state index in [2.05, 4.69) is 5.32 Å². The Morgan fingerprint density at radius 2 is 1.81 bits per heavy atom. The smallest absolute Gasteiger partial charge is 0.325 e. The highest BCUT2D eigenvalue weighted by Crippen LogP contribution is 2.28. The number of sulfonamides is 1. The van der Waals surface area contributed by atoms with Gasteiger partial charge in [-0.25, -0.2) is 8.42 Å². The molecule has 2 rings (SSSR count). The zero-order valence-corrected chi connectivity index (χ0v) is 16.8. The Hall–Kier alpha value is -2.13. The maximum absolute atomic E-state index is 12.8. The van der Waals surface area contributed by atoms with E-state index in [0.29, 0.717) is 18.8 Å². The fraction of sp³-hybridized carbons (Fsp3) is 0.556. The van der Waals surface area contributed by atoms with Crippen LogP contribution >= 0.6 is 0 Å². The molecule has 1 aromatic rings. The first-order chi connectivity index (χ1) is 12.7. The molecule has 1 saturated heterocycles. The standard InChI is InChI=1S/C18H27N3O5S/c1-4-21(5-2)27(25,26)14-8-9-16(20-10-6-7-11-20)15(12-14)17(22)19-13(3)18(23)24/h8-9,12-13H,4-7,10-11H2,1-3H3,(H,19,22)(H,23,24). The van der Waals surface area contributed by atoms with Crippen LogP contribution in [0.15, 0.2) is 23.1 Å². The van der Waals surface area contributed by atoms with Crippen molar-refractivity contribution >= 4 is 27.6 Å². The number of carboxylic acids is 1. The van der Waals surface area contributed by atoms with E-state index in [4.69, 9.17) is 5.11 Å². The topological polar surface area (TPSA) is 107 Å². The molecule has 1 unspecified atom stereocenters. The molecule has 0 aliphatic carbocycles. The molecule has 1 amide bonds. The number of hydrogen-bond acceptors (Lipinski definition) is 5. The van der Waals surface area contributed by atoms with E-state index in [-0.39, 0.29) is 10.5 Å². The Morgan fingerprint density at radius 3 is 2.33 bits per heavy atom. The molecule has 8 nitrogen and oxygen atoms in total. The van der Waals surface area contributed by atoms with Crippen molar-refractivity contribution < 1.29 is 23.1 Å². The van der Waals surface area contributed by atoms with Crippen molar-refractivity contribution in [3.05, 3.63) is 23.8 Å². The molecule has 9 heteroatoms. The summed E-state index contributed by atoms with van der Waals surface area (Å²) < 4.78 is 27.0. The highest BCUT2D eigenvalue weighted by atomic mass is 32.2. The molecular formula is C18H27N3O5S. The lowest BCUT2D eigenvalue weighted by molar-refractivity contribution is -0.138. The lowest BCUT2D eigenvalue weighted by Gasteiger charge is -2.24. The number of nitrogens with one attached hydrogen (secondary N) is 1. The van der Waals surface area contributed by atoms with E-state index < -0.39 is 27.9 Å². The molecule has 150 valence electrons. The number of anilines is 1. The van der Waals surface area contributed by atoms with Crippen LogP contribution in [0.25, 0.3) is 0 Å². The van der Waals surface area contributed by atoms with E-state index in [9.17, 15) is 18.0 Å². The van der Waals surface area contributed by atoms with Gasteiger partial charge in [0, 0.05) is 31.9 Å². The minimum atomic E-state index is -3.72. The van der Waals surface area contributed by atoms with Gasteiger partial charge in [-0.1, -0.05) is 13.8 Å². The van der Waals surface area contributed by atoms with E-state index in [1.165, 1.54) is 23.4 Å². The van der Waals surface area contributed by atoms with Gasteiger partial charge in [0.1, 0.15) is 6.04 Å². The first-order valence-electron chi connectivity index (χ1n) is 9.15. The van der Waals surface area contributed by atoms with Crippen molar-refractivity contribution in [3.63, 3.8) is 0 Å². The number of hydrogen-bond donors (Lipinski definition) is 2. The zero-order valence-electron chi connectivity index (χ0n) is 15.9. The fourth-order valence-electron chi connectivity index (χ4n) is 3.14. The number of aliphatic carboxylic acids is 1. The van der Waals surface area contributed by atoms with Crippen molar-refractivity contribution in [1.82, 2.24) is 9.62 Å². The van der Waals surface area contributed by atoms with Crippen LogP contribution in [0.2, 0.25) is 0 Å². The molecule has 0 saturated carbocycles. The lowest BCUT2D eigenvalue weighted by Crippen LogP contribution is -2.39.